The van der Waals surface area contributed by atoms with Crippen molar-refractivity contribution in [3.63, 3.8) is 0 Å². The molecule has 0 saturated carbocycles. The van der Waals surface area contributed by atoms with Crippen molar-refractivity contribution in [3.8, 4) is 0 Å². The Morgan fingerprint density at radius 2 is 2.08 bits per heavy atom. The molecule has 6 heteroatoms. The first-order valence-corrected chi connectivity index (χ1v) is 3.04. The molecule has 0 aliphatic heterocycles. The number of aldehydes is 1. The number of hydrogen-bond acceptors (Lipinski definition) is 4. The van der Waals surface area contributed by atoms with Gasteiger partial charge < -0.3 is 19.6 Å². The number of carboxylic acids is 1. The van der Waals surface area contributed by atoms with E-state index in [1.54, 1.807) is 6.92 Å². The molecule has 0 aromatic heterocycles. The third-order valence-corrected chi connectivity index (χ3v) is 1.23. The molecule has 0 fully saturated rings. The minimum atomic E-state index is -1.56. The second kappa shape index (κ2) is 7.27. The van der Waals surface area contributed by atoms with E-state index in [1.165, 1.54) is 0 Å². The Morgan fingerprint density at radius 1 is 1.58 bits per heavy atom. The van der Waals surface area contributed by atoms with Crippen molar-refractivity contribution in [2.75, 3.05) is 6.54 Å². The Balaban J connectivity index is 0. The van der Waals surface area contributed by atoms with Crippen LogP contribution in [0.2, 0.25) is 0 Å². The molecular formula is C6H8NNaO4. The van der Waals surface area contributed by atoms with Crippen molar-refractivity contribution in [1.29, 1.82) is 0 Å². The molecule has 0 aromatic rings. The van der Waals surface area contributed by atoms with Gasteiger partial charge in [0.25, 0.3) is 0 Å². The molecule has 0 saturated heterocycles. The summed E-state index contributed by atoms with van der Waals surface area (Å²) in [7, 11) is 0. The molecule has 0 aliphatic carbocycles. The van der Waals surface area contributed by atoms with Gasteiger partial charge in [-0.15, -0.1) is 0 Å². The molecule has 1 atom stereocenters. The smallest absolute Gasteiger partial charge is 0.547 e. The van der Waals surface area contributed by atoms with Crippen LogP contribution in [0.25, 0.3) is 0 Å². The normalized spacial score (nSPS) is 10.8. The van der Waals surface area contributed by atoms with Crippen LogP contribution >= 0.6 is 0 Å². The molecule has 5 nitrogen and oxygen atoms in total. The van der Waals surface area contributed by atoms with E-state index in [0.29, 0.717) is 6.41 Å². The van der Waals surface area contributed by atoms with E-state index >= 15 is 0 Å². The molecular weight excluding hydrogens is 173 g/mol. The fourth-order valence-corrected chi connectivity index (χ4v) is 0.606. The molecule has 1 amide bonds. The number of amides is 1. The van der Waals surface area contributed by atoms with Crippen molar-refractivity contribution in [3.05, 3.63) is 0 Å². The number of carbonyl (C=O) groups is 3. The zero-order valence-corrected chi connectivity index (χ0v) is 9.02. The third-order valence-electron chi connectivity index (χ3n) is 1.23. The Bertz CT molecular complexity index is 173. The Hall–Kier alpha value is -0.390. The second-order valence-corrected chi connectivity index (χ2v) is 1.84. The molecule has 0 N–H and O–H groups in total. The Labute approximate surface area is 92.0 Å². The standard InChI is InChI=1S/C6H9NO4.Na/c1-2-7(4-9)5(3-8)6(10)11;/h3-5H,2H2,1H3,(H,10,11);/q;+1/p-1/t5-;/m0./s1. The molecule has 0 heterocycles. The summed E-state index contributed by atoms with van der Waals surface area (Å²) in [4.78, 5) is 31.2. The summed E-state index contributed by atoms with van der Waals surface area (Å²) in [6, 6.07) is -1.46. The summed E-state index contributed by atoms with van der Waals surface area (Å²) in [6.45, 7) is 1.73. The van der Waals surface area contributed by atoms with Gasteiger partial charge in [0, 0.05) is 6.54 Å². The Morgan fingerprint density at radius 3 is 2.17 bits per heavy atom. The van der Waals surface area contributed by atoms with E-state index < -0.39 is 12.0 Å². The second-order valence-electron chi connectivity index (χ2n) is 1.84. The number of hydrogen-bond donors (Lipinski definition) is 0. The van der Waals surface area contributed by atoms with Crippen LogP contribution in [0.3, 0.4) is 0 Å². The fraction of sp³-hybridized carbons (Fsp3) is 0.500. The number of nitrogens with zero attached hydrogens (tertiary/aromatic N) is 1. The monoisotopic (exact) mass is 181 g/mol. The first-order chi connectivity index (χ1) is 5.17. The first kappa shape index (κ1) is 14.2. The maximum absolute atomic E-state index is 10.1. The van der Waals surface area contributed by atoms with Gasteiger partial charge in [-0.3, -0.25) is 4.79 Å². The summed E-state index contributed by atoms with van der Waals surface area (Å²) in [5.41, 5.74) is 0. The van der Waals surface area contributed by atoms with Crippen LogP contribution in [0.1, 0.15) is 6.92 Å². The first-order valence-electron chi connectivity index (χ1n) is 3.04. The molecule has 0 bridgehead atoms. The van der Waals surface area contributed by atoms with Crippen LogP contribution in [0.5, 0.6) is 0 Å². The van der Waals surface area contributed by atoms with Gasteiger partial charge in [0.2, 0.25) is 6.41 Å². The average molecular weight is 181 g/mol. The van der Waals surface area contributed by atoms with E-state index in [4.69, 9.17) is 0 Å². The number of carbonyl (C=O) groups excluding carboxylic acids is 3. The van der Waals surface area contributed by atoms with Gasteiger partial charge in [0.1, 0.15) is 12.3 Å². The summed E-state index contributed by atoms with van der Waals surface area (Å²) in [5.74, 6) is -1.56. The predicted octanol–water partition coefficient (Wildman–Crippen LogP) is -5.21. The maximum Gasteiger partial charge on any atom is 1.00 e. The SMILES string of the molecule is CCN(C=O)[C@@H](C=O)C(=O)[O-].[Na+]. The zero-order chi connectivity index (χ0) is 8.85. The summed E-state index contributed by atoms with van der Waals surface area (Å²) in [5, 5.41) is 10.1. The van der Waals surface area contributed by atoms with Crippen LogP contribution in [0.15, 0.2) is 0 Å². The number of likely N-dealkylation sites (N-methyl/N-ethyl adjacent to an activating group) is 1. The van der Waals surface area contributed by atoms with Crippen molar-refractivity contribution in [2.45, 2.75) is 13.0 Å². The van der Waals surface area contributed by atoms with E-state index in [1.807, 2.05) is 0 Å². The molecule has 0 unspecified atom stereocenters. The van der Waals surface area contributed by atoms with Crippen molar-refractivity contribution >= 4 is 18.7 Å². The van der Waals surface area contributed by atoms with Crippen LogP contribution in [0, 0.1) is 0 Å². The molecule has 0 spiro atoms. The van der Waals surface area contributed by atoms with E-state index in [9.17, 15) is 19.5 Å². The quantitative estimate of drug-likeness (QED) is 0.241. The van der Waals surface area contributed by atoms with E-state index in [2.05, 4.69) is 0 Å². The van der Waals surface area contributed by atoms with Gasteiger partial charge >= 0.3 is 29.6 Å². The molecule has 0 aromatic carbocycles. The van der Waals surface area contributed by atoms with Crippen LogP contribution < -0.4 is 34.7 Å². The third kappa shape index (κ3) is 3.85. The van der Waals surface area contributed by atoms with Gasteiger partial charge in [-0.2, -0.15) is 0 Å². The summed E-state index contributed by atoms with van der Waals surface area (Å²) < 4.78 is 0. The van der Waals surface area contributed by atoms with Crippen LogP contribution in [-0.2, 0) is 14.4 Å². The van der Waals surface area contributed by atoms with Gasteiger partial charge in [-0.05, 0) is 6.92 Å². The number of carboxylic acid groups (broad SMARTS) is 1. The van der Waals surface area contributed by atoms with Crippen LogP contribution in [-0.4, -0.2) is 36.2 Å². The van der Waals surface area contributed by atoms with E-state index in [-0.39, 0.29) is 42.4 Å². The fourth-order valence-electron chi connectivity index (χ4n) is 0.606. The molecule has 12 heavy (non-hydrogen) atoms. The van der Waals surface area contributed by atoms with Gasteiger partial charge in [0.15, 0.2) is 0 Å². The van der Waals surface area contributed by atoms with Crippen molar-refractivity contribution in [1.82, 2.24) is 4.90 Å². The van der Waals surface area contributed by atoms with Gasteiger partial charge in [0.05, 0.1) is 5.97 Å². The topological polar surface area (TPSA) is 77.5 Å². The predicted molar refractivity (Wildman–Crippen MR) is 33.3 cm³/mol. The van der Waals surface area contributed by atoms with Crippen molar-refractivity contribution < 1.29 is 49.0 Å². The van der Waals surface area contributed by atoms with Crippen molar-refractivity contribution in [2.24, 2.45) is 0 Å². The molecule has 62 valence electrons. The zero-order valence-electron chi connectivity index (χ0n) is 7.02. The summed E-state index contributed by atoms with van der Waals surface area (Å²) >= 11 is 0. The molecule has 0 radical (unpaired) electrons. The average Bonchev–Trinajstić information content (AvgIpc) is 1.99. The minimum Gasteiger partial charge on any atom is -0.547 e. The summed E-state index contributed by atoms with van der Waals surface area (Å²) in [6.07, 6.45) is 0.460. The van der Waals surface area contributed by atoms with E-state index in [0.717, 1.165) is 4.90 Å². The molecule has 0 aliphatic rings. The Kier molecular flexibility index (Phi) is 8.57. The number of aliphatic carboxylic acids is 1. The number of rotatable bonds is 5. The van der Waals surface area contributed by atoms with Crippen LogP contribution in [0.4, 0.5) is 0 Å². The van der Waals surface area contributed by atoms with Gasteiger partial charge in [-0.1, -0.05) is 0 Å². The minimum absolute atomic E-state index is 0. The maximum atomic E-state index is 10.1. The molecule has 0 rings (SSSR count). The van der Waals surface area contributed by atoms with Gasteiger partial charge in [-0.25, -0.2) is 0 Å². The largest absolute Gasteiger partial charge is 1.00 e.